The molecule has 0 amide bonds. The Morgan fingerprint density at radius 1 is 1.50 bits per heavy atom. The Labute approximate surface area is 91.9 Å². The number of aliphatic hydroxyl groups is 1. The van der Waals surface area contributed by atoms with E-state index >= 15 is 0 Å². The van der Waals surface area contributed by atoms with Crippen LogP contribution in [0.2, 0.25) is 0 Å². The Kier molecular flexibility index (Phi) is 2.63. The zero-order valence-electron chi connectivity index (χ0n) is 8.65. The zero-order chi connectivity index (χ0) is 11.8. The zero-order valence-corrected chi connectivity index (χ0v) is 8.65. The smallest absolute Gasteiger partial charge is 0.269 e. The van der Waals surface area contributed by atoms with Gasteiger partial charge in [-0.3, -0.25) is 10.1 Å². The molecule has 4 nitrogen and oxygen atoms in total. The van der Waals surface area contributed by atoms with Crippen molar-refractivity contribution < 1.29 is 14.4 Å². The van der Waals surface area contributed by atoms with Crippen LogP contribution in [0.3, 0.4) is 0 Å². The highest BCUT2D eigenvalue weighted by atomic mass is 19.1. The summed E-state index contributed by atoms with van der Waals surface area (Å²) in [5.41, 5.74) is -0.0262. The third-order valence-corrected chi connectivity index (χ3v) is 3.10. The summed E-state index contributed by atoms with van der Waals surface area (Å²) in [6.45, 7) is 0.00906. The molecular weight excluding hydrogens is 213 g/mol. The predicted molar refractivity (Wildman–Crippen MR) is 55.5 cm³/mol. The van der Waals surface area contributed by atoms with Crippen LogP contribution in [-0.2, 0) is 6.42 Å². The maximum atomic E-state index is 13.4. The molecule has 16 heavy (non-hydrogen) atoms. The first-order valence-electron chi connectivity index (χ1n) is 5.10. The van der Waals surface area contributed by atoms with Crippen molar-refractivity contribution in [2.45, 2.75) is 19.3 Å². The van der Waals surface area contributed by atoms with Gasteiger partial charge in [-0.15, -0.1) is 0 Å². The second kappa shape index (κ2) is 3.83. The Morgan fingerprint density at radius 2 is 2.19 bits per heavy atom. The molecule has 0 saturated heterocycles. The lowest BCUT2D eigenvalue weighted by atomic mass is 9.97. The van der Waals surface area contributed by atoms with Crippen molar-refractivity contribution in [1.82, 2.24) is 0 Å². The first-order valence-corrected chi connectivity index (χ1v) is 5.10. The average Bonchev–Trinajstić information content (AvgIpc) is 3.02. The normalized spacial score (nSPS) is 17.1. The molecule has 0 unspecified atom stereocenters. The molecule has 0 spiro atoms. The quantitative estimate of drug-likeness (QED) is 0.630. The number of nitro groups is 1. The molecule has 1 aliphatic carbocycles. The van der Waals surface area contributed by atoms with Gasteiger partial charge in [0, 0.05) is 18.7 Å². The van der Waals surface area contributed by atoms with Gasteiger partial charge in [0.25, 0.3) is 5.69 Å². The number of hydrogen-bond donors (Lipinski definition) is 1. The van der Waals surface area contributed by atoms with E-state index in [0.717, 1.165) is 25.0 Å². The van der Waals surface area contributed by atoms with E-state index in [1.807, 2.05) is 0 Å². The molecular formula is C11H12FNO3. The van der Waals surface area contributed by atoms with E-state index in [-0.39, 0.29) is 17.7 Å². The topological polar surface area (TPSA) is 63.4 Å². The van der Waals surface area contributed by atoms with Crippen molar-refractivity contribution in [1.29, 1.82) is 0 Å². The number of nitrogens with zero attached hydrogens (tertiary/aromatic N) is 1. The van der Waals surface area contributed by atoms with Crippen LogP contribution in [-0.4, -0.2) is 16.6 Å². The van der Waals surface area contributed by atoms with Crippen molar-refractivity contribution in [2.24, 2.45) is 5.41 Å². The summed E-state index contributed by atoms with van der Waals surface area (Å²) < 4.78 is 13.4. The molecule has 1 N–H and O–H groups in total. The molecule has 86 valence electrons. The Morgan fingerprint density at radius 3 is 2.69 bits per heavy atom. The van der Waals surface area contributed by atoms with Gasteiger partial charge in [-0.05, 0) is 36.3 Å². The SMILES string of the molecule is O=[N+]([O-])c1ccc(F)c(CC2(CO)CC2)c1. The summed E-state index contributed by atoms with van der Waals surface area (Å²) in [5.74, 6) is -0.440. The lowest BCUT2D eigenvalue weighted by Crippen LogP contribution is -2.11. The molecule has 0 aromatic heterocycles. The van der Waals surface area contributed by atoms with Gasteiger partial charge in [0.15, 0.2) is 0 Å². The molecule has 5 heteroatoms. The minimum absolute atomic E-state index is 0.00906. The van der Waals surface area contributed by atoms with Gasteiger partial charge in [-0.25, -0.2) is 4.39 Å². The maximum absolute atomic E-state index is 13.4. The number of benzene rings is 1. The van der Waals surface area contributed by atoms with Crippen LogP contribution in [0.5, 0.6) is 0 Å². The Balaban J connectivity index is 2.25. The van der Waals surface area contributed by atoms with E-state index in [4.69, 9.17) is 5.11 Å². The fourth-order valence-corrected chi connectivity index (χ4v) is 1.78. The summed E-state index contributed by atoms with van der Waals surface area (Å²) in [6, 6.07) is 3.52. The third kappa shape index (κ3) is 2.04. The predicted octanol–water partition coefficient (Wildman–Crippen LogP) is 2.05. The van der Waals surface area contributed by atoms with Crippen molar-refractivity contribution in [3.05, 3.63) is 39.7 Å². The van der Waals surface area contributed by atoms with Gasteiger partial charge in [0.2, 0.25) is 0 Å². The maximum Gasteiger partial charge on any atom is 0.269 e. The van der Waals surface area contributed by atoms with Crippen LogP contribution < -0.4 is 0 Å². The van der Waals surface area contributed by atoms with Crippen LogP contribution >= 0.6 is 0 Å². The molecule has 2 rings (SSSR count). The van der Waals surface area contributed by atoms with Gasteiger partial charge in [-0.1, -0.05) is 0 Å². The van der Waals surface area contributed by atoms with Crippen LogP contribution in [0.1, 0.15) is 18.4 Å². The average molecular weight is 225 g/mol. The molecule has 1 aromatic rings. The largest absolute Gasteiger partial charge is 0.396 e. The first kappa shape index (κ1) is 11.0. The standard InChI is InChI=1S/C11H12FNO3/c12-10-2-1-9(13(15)16)5-8(10)6-11(7-14)3-4-11/h1-2,5,14H,3-4,6-7H2. The summed E-state index contributed by atoms with van der Waals surface area (Å²) in [4.78, 5) is 10.0. The molecule has 0 radical (unpaired) electrons. The lowest BCUT2D eigenvalue weighted by Gasteiger charge is -2.11. The summed E-state index contributed by atoms with van der Waals surface area (Å²) in [7, 11) is 0. The van der Waals surface area contributed by atoms with Crippen molar-refractivity contribution >= 4 is 5.69 Å². The number of hydrogen-bond acceptors (Lipinski definition) is 3. The van der Waals surface area contributed by atoms with Crippen molar-refractivity contribution in [3.8, 4) is 0 Å². The molecule has 1 fully saturated rings. The Bertz CT molecular complexity index is 429. The monoisotopic (exact) mass is 225 g/mol. The van der Waals surface area contributed by atoms with E-state index in [2.05, 4.69) is 0 Å². The highest BCUT2D eigenvalue weighted by molar-refractivity contribution is 5.36. The van der Waals surface area contributed by atoms with Crippen LogP contribution in [0.4, 0.5) is 10.1 Å². The summed E-state index contributed by atoms with van der Waals surface area (Å²) in [5, 5.41) is 19.7. The number of non-ortho nitro benzene ring substituents is 1. The molecule has 0 atom stereocenters. The first-order chi connectivity index (χ1) is 7.56. The van der Waals surface area contributed by atoms with E-state index in [0.29, 0.717) is 12.0 Å². The summed E-state index contributed by atoms with van der Waals surface area (Å²) in [6.07, 6.45) is 2.08. The van der Waals surface area contributed by atoms with Crippen molar-refractivity contribution in [2.75, 3.05) is 6.61 Å². The molecule has 0 heterocycles. The van der Waals surface area contributed by atoms with Crippen LogP contribution in [0.25, 0.3) is 0 Å². The van der Waals surface area contributed by atoms with Crippen molar-refractivity contribution in [3.63, 3.8) is 0 Å². The highest BCUT2D eigenvalue weighted by Gasteiger charge is 2.42. The van der Waals surface area contributed by atoms with E-state index in [1.54, 1.807) is 0 Å². The molecule has 0 bridgehead atoms. The highest BCUT2D eigenvalue weighted by Crippen LogP contribution is 2.48. The van der Waals surface area contributed by atoms with E-state index in [1.165, 1.54) is 6.07 Å². The van der Waals surface area contributed by atoms with E-state index < -0.39 is 10.7 Å². The van der Waals surface area contributed by atoms with Gasteiger partial charge < -0.3 is 5.11 Å². The van der Waals surface area contributed by atoms with Gasteiger partial charge in [0.1, 0.15) is 5.82 Å². The molecule has 1 aliphatic rings. The lowest BCUT2D eigenvalue weighted by molar-refractivity contribution is -0.385. The van der Waals surface area contributed by atoms with Crippen LogP contribution in [0, 0.1) is 21.3 Å². The minimum Gasteiger partial charge on any atom is -0.396 e. The van der Waals surface area contributed by atoms with Gasteiger partial charge >= 0.3 is 0 Å². The fourth-order valence-electron chi connectivity index (χ4n) is 1.78. The second-order valence-electron chi connectivity index (χ2n) is 4.37. The second-order valence-corrected chi connectivity index (χ2v) is 4.37. The summed E-state index contributed by atoms with van der Waals surface area (Å²) >= 11 is 0. The Hall–Kier alpha value is -1.49. The van der Waals surface area contributed by atoms with E-state index in [9.17, 15) is 14.5 Å². The number of aliphatic hydroxyl groups excluding tert-OH is 1. The van der Waals surface area contributed by atoms with Crippen LogP contribution in [0.15, 0.2) is 18.2 Å². The van der Waals surface area contributed by atoms with Gasteiger partial charge in [-0.2, -0.15) is 0 Å². The third-order valence-electron chi connectivity index (χ3n) is 3.10. The minimum atomic E-state index is -0.540. The number of halogens is 1. The fraction of sp³-hybridized carbons (Fsp3) is 0.455. The molecule has 1 aromatic carbocycles. The number of rotatable bonds is 4. The number of nitro benzene ring substituents is 1. The van der Waals surface area contributed by atoms with Gasteiger partial charge in [0.05, 0.1) is 4.92 Å². The molecule has 0 aliphatic heterocycles. The molecule has 1 saturated carbocycles.